The average Bonchev–Trinajstić information content (AvgIpc) is 3.06. The predicted octanol–water partition coefficient (Wildman–Crippen LogP) is -0.294. The van der Waals surface area contributed by atoms with Crippen molar-refractivity contribution >= 4 is 15.7 Å². The van der Waals surface area contributed by atoms with Crippen LogP contribution in [-0.2, 0) is 14.6 Å². The lowest BCUT2D eigenvalue weighted by molar-refractivity contribution is -0.134. The number of amides is 1. The van der Waals surface area contributed by atoms with Gasteiger partial charge >= 0.3 is 0 Å². The summed E-state index contributed by atoms with van der Waals surface area (Å²) in [5.74, 6) is 0.406. The van der Waals surface area contributed by atoms with Crippen molar-refractivity contribution in [1.29, 1.82) is 0 Å². The molecule has 21 heavy (non-hydrogen) atoms. The zero-order chi connectivity index (χ0) is 15.5. The van der Waals surface area contributed by atoms with Crippen molar-refractivity contribution in [2.75, 3.05) is 44.2 Å². The van der Waals surface area contributed by atoms with Gasteiger partial charge in [-0.25, -0.2) is 8.42 Å². The number of carbonyl (C=O) groups excluding carboxylic acids is 1. The Balaban J connectivity index is 1.96. The van der Waals surface area contributed by atoms with E-state index in [0.29, 0.717) is 25.6 Å². The number of rotatable bonds is 6. The van der Waals surface area contributed by atoms with Crippen LogP contribution in [0.2, 0.25) is 0 Å². The van der Waals surface area contributed by atoms with Gasteiger partial charge in [-0.2, -0.15) is 0 Å². The van der Waals surface area contributed by atoms with Crippen LogP contribution >= 0.6 is 0 Å². The third kappa shape index (κ3) is 4.17. The minimum absolute atomic E-state index is 0.0633. The number of nitrogens with one attached hydrogen (secondary N) is 1. The Morgan fingerprint density at radius 3 is 2.43 bits per heavy atom. The van der Waals surface area contributed by atoms with Gasteiger partial charge in [-0.05, 0) is 32.9 Å². The first kappa shape index (κ1) is 16.7. The Labute approximate surface area is 127 Å². The largest absolute Gasteiger partial charge is 0.338 e. The second-order valence-electron chi connectivity index (χ2n) is 5.95. The first-order valence-corrected chi connectivity index (χ1v) is 9.73. The number of carbonyl (C=O) groups is 1. The summed E-state index contributed by atoms with van der Waals surface area (Å²) in [4.78, 5) is 16.5. The van der Waals surface area contributed by atoms with Crippen LogP contribution in [0.1, 0.15) is 26.7 Å². The molecule has 2 heterocycles. The van der Waals surface area contributed by atoms with Crippen molar-refractivity contribution in [3.05, 3.63) is 0 Å². The SMILES string of the molecule is CCN(CC(=O)N(CC)C1CCS(=O)(=O)C1)C1CCNC1. The van der Waals surface area contributed by atoms with E-state index in [9.17, 15) is 13.2 Å². The summed E-state index contributed by atoms with van der Waals surface area (Å²) in [6, 6.07) is 0.290. The van der Waals surface area contributed by atoms with E-state index < -0.39 is 9.84 Å². The molecule has 0 saturated carbocycles. The molecule has 0 aromatic carbocycles. The minimum Gasteiger partial charge on any atom is -0.338 e. The molecule has 2 rings (SSSR count). The Kier molecular flexibility index (Phi) is 5.62. The van der Waals surface area contributed by atoms with E-state index in [1.807, 2.05) is 6.92 Å². The molecule has 0 radical (unpaired) electrons. The Bertz CT molecular complexity index is 460. The van der Waals surface area contributed by atoms with E-state index in [0.717, 1.165) is 26.1 Å². The lowest BCUT2D eigenvalue weighted by Crippen LogP contribution is -2.48. The van der Waals surface area contributed by atoms with Crippen LogP contribution in [-0.4, -0.2) is 80.4 Å². The first-order chi connectivity index (χ1) is 9.96. The van der Waals surface area contributed by atoms with Crippen LogP contribution in [0.3, 0.4) is 0 Å². The van der Waals surface area contributed by atoms with E-state index in [1.54, 1.807) is 4.90 Å². The molecule has 2 unspecified atom stereocenters. The van der Waals surface area contributed by atoms with Crippen molar-refractivity contribution in [3.63, 3.8) is 0 Å². The zero-order valence-electron chi connectivity index (χ0n) is 13.0. The molecule has 0 bridgehead atoms. The third-order valence-electron chi connectivity index (χ3n) is 4.61. The van der Waals surface area contributed by atoms with E-state index >= 15 is 0 Å². The maximum Gasteiger partial charge on any atom is 0.237 e. The predicted molar refractivity (Wildman–Crippen MR) is 83.0 cm³/mol. The van der Waals surface area contributed by atoms with Crippen LogP contribution in [0.5, 0.6) is 0 Å². The van der Waals surface area contributed by atoms with Crippen molar-refractivity contribution in [2.45, 2.75) is 38.8 Å². The van der Waals surface area contributed by atoms with E-state index in [4.69, 9.17) is 0 Å². The van der Waals surface area contributed by atoms with Gasteiger partial charge in [0.15, 0.2) is 9.84 Å². The third-order valence-corrected chi connectivity index (χ3v) is 6.36. The lowest BCUT2D eigenvalue weighted by atomic mass is 10.2. The van der Waals surface area contributed by atoms with Gasteiger partial charge in [0, 0.05) is 25.2 Å². The van der Waals surface area contributed by atoms with Gasteiger partial charge in [0.05, 0.1) is 18.1 Å². The standard InChI is InChI=1S/C14H27N3O3S/c1-3-16(12-5-7-15-9-12)10-14(18)17(4-2)13-6-8-21(19,20)11-13/h12-13,15H,3-11H2,1-2H3. The summed E-state index contributed by atoms with van der Waals surface area (Å²) in [6.07, 6.45) is 1.66. The van der Waals surface area contributed by atoms with E-state index in [2.05, 4.69) is 17.1 Å². The molecule has 0 aromatic heterocycles. The van der Waals surface area contributed by atoms with Crippen LogP contribution in [0, 0.1) is 0 Å². The van der Waals surface area contributed by atoms with Gasteiger partial charge in [-0.15, -0.1) is 0 Å². The molecule has 6 nitrogen and oxygen atoms in total. The topological polar surface area (TPSA) is 69.7 Å². The fourth-order valence-electron chi connectivity index (χ4n) is 3.37. The van der Waals surface area contributed by atoms with Gasteiger partial charge < -0.3 is 10.2 Å². The first-order valence-electron chi connectivity index (χ1n) is 7.91. The molecular formula is C14H27N3O3S. The molecule has 2 saturated heterocycles. The molecule has 0 aromatic rings. The Morgan fingerprint density at radius 1 is 1.19 bits per heavy atom. The van der Waals surface area contributed by atoms with Crippen LogP contribution in [0.4, 0.5) is 0 Å². The molecule has 2 aliphatic rings. The maximum absolute atomic E-state index is 12.6. The van der Waals surface area contributed by atoms with Crippen LogP contribution in [0.15, 0.2) is 0 Å². The molecule has 2 fully saturated rings. The number of sulfone groups is 1. The Morgan fingerprint density at radius 2 is 1.95 bits per heavy atom. The molecule has 1 amide bonds. The molecule has 2 atom stereocenters. The monoisotopic (exact) mass is 317 g/mol. The molecule has 7 heteroatoms. The Hall–Kier alpha value is -0.660. The second-order valence-corrected chi connectivity index (χ2v) is 8.18. The summed E-state index contributed by atoms with van der Waals surface area (Å²) < 4.78 is 23.2. The van der Waals surface area contributed by atoms with Crippen LogP contribution < -0.4 is 5.32 Å². The minimum atomic E-state index is -2.95. The molecule has 0 aliphatic carbocycles. The highest BCUT2D eigenvalue weighted by Crippen LogP contribution is 2.18. The summed E-state index contributed by atoms with van der Waals surface area (Å²) in [5.41, 5.74) is 0. The number of nitrogens with zero attached hydrogens (tertiary/aromatic N) is 2. The van der Waals surface area contributed by atoms with Crippen molar-refractivity contribution in [3.8, 4) is 0 Å². The average molecular weight is 317 g/mol. The van der Waals surface area contributed by atoms with Crippen molar-refractivity contribution in [2.24, 2.45) is 0 Å². The van der Waals surface area contributed by atoms with E-state index in [-0.39, 0.29) is 23.5 Å². The van der Waals surface area contributed by atoms with Gasteiger partial charge in [0.25, 0.3) is 0 Å². The van der Waals surface area contributed by atoms with Crippen molar-refractivity contribution < 1.29 is 13.2 Å². The smallest absolute Gasteiger partial charge is 0.237 e. The number of hydrogen-bond acceptors (Lipinski definition) is 5. The molecule has 0 spiro atoms. The van der Waals surface area contributed by atoms with Gasteiger partial charge in [-0.3, -0.25) is 9.69 Å². The summed E-state index contributed by atoms with van der Waals surface area (Å²) in [7, 11) is -2.95. The van der Waals surface area contributed by atoms with Gasteiger partial charge in [0.1, 0.15) is 0 Å². The second kappa shape index (κ2) is 7.07. The number of hydrogen-bond donors (Lipinski definition) is 1. The molecular weight excluding hydrogens is 290 g/mol. The molecule has 1 N–H and O–H groups in total. The van der Waals surface area contributed by atoms with Crippen molar-refractivity contribution in [1.82, 2.24) is 15.1 Å². The van der Waals surface area contributed by atoms with Gasteiger partial charge in [0.2, 0.25) is 5.91 Å². The highest BCUT2D eigenvalue weighted by atomic mass is 32.2. The van der Waals surface area contributed by atoms with Crippen LogP contribution in [0.25, 0.3) is 0 Å². The quantitative estimate of drug-likeness (QED) is 0.729. The fourth-order valence-corrected chi connectivity index (χ4v) is 5.10. The summed E-state index contributed by atoms with van der Waals surface area (Å²) in [6.45, 7) is 7.77. The molecule has 2 aliphatic heterocycles. The highest BCUT2D eigenvalue weighted by Gasteiger charge is 2.34. The number of likely N-dealkylation sites (N-methyl/N-ethyl adjacent to an activating group) is 2. The highest BCUT2D eigenvalue weighted by molar-refractivity contribution is 7.91. The summed E-state index contributed by atoms with van der Waals surface area (Å²) >= 11 is 0. The normalized spacial score (nSPS) is 28.1. The fraction of sp³-hybridized carbons (Fsp3) is 0.929. The zero-order valence-corrected chi connectivity index (χ0v) is 13.9. The summed E-state index contributed by atoms with van der Waals surface area (Å²) in [5, 5.41) is 3.32. The lowest BCUT2D eigenvalue weighted by Gasteiger charge is -2.32. The molecule has 122 valence electrons. The maximum atomic E-state index is 12.6. The van der Waals surface area contributed by atoms with E-state index in [1.165, 1.54) is 0 Å². The van der Waals surface area contributed by atoms with Gasteiger partial charge in [-0.1, -0.05) is 6.92 Å².